The van der Waals surface area contributed by atoms with E-state index in [-0.39, 0.29) is 36.8 Å². The number of primary amides is 2. The summed E-state index contributed by atoms with van der Waals surface area (Å²) in [6.07, 6.45) is 6.51. The zero-order chi connectivity index (χ0) is 38.1. The molecule has 1 aliphatic heterocycles. The van der Waals surface area contributed by atoms with Gasteiger partial charge in [0.2, 0.25) is 23.7 Å². The number of benzene rings is 2. The highest BCUT2D eigenvalue weighted by Gasteiger charge is 2.24. The predicted molar refractivity (Wildman–Crippen MR) is 202 cm³/mol. The molecular formula is C38H40N12O4. The number of nitrogens with zero attached hydrogens (tertiary/aromatic N) is 8. The molecule has 16 nitrogen and oxygen atoms in total. The first-order valence-corrected chi connectivity index (χ1v) is 17.7. The molecule has 0 saturated heterocycles. The zero-order valence-electron chi connectivity index (χ0n) is 30.2. The van der Waals surface area contributed by atoms with Gasteiger partial charge in [-0.25, -0.2) is 9.97 Å². The van der Waals surface area contributed by atoms with Gasteiger partial charge in [0, 0.05) is 29.8 Å². The Kier molecular flexibility index (Phi) is 9.67. The van der Waals surface area contributed by atoms with Gasteiger partial charge in [-0.1, -0.05) is 6.42 Å². The number of rotatable bonds is 3. The van der Waals surface area contributed by atoms with Gasteiger partial charge in [0.15, 0.2) is 0 Å². The van der Waals surface area contributed by atoms with Crippen LogP contribution in [-0.4, -0.2) is 62.3 Å². The average molecular weight is 729 g/mol. The summed E-state index contributed by atoms with van der Waals surface area (Å²) in [4.78, 5) is 61.1. The van der Waals surface area contributed by atoms with Crippen molar-refractivity contribution in [2.75, 3.05) is 10.6 Å². The van der Waals surface area contributed by atoms with Gasteiger partial charge in [0.25, 0.3) is 11.8 Å². The predicted octanol–water partition coefficient (Wildman–Crippen LogP) is 4.26. The Morgan fingerprint density at radius 2 is 1.39 bits per heavy atom. The monoisotopic (exact) mass is 728 g/mol. The Labute approximate surface area is 309 Å². The van der Waals surface area contributed by atoms with Crippen LogP contribution in [0.4, 0.5) is 11.9 Å². The molecule has 0 fully saturated rings. The molecule has 54 heavy (non-hydrogen) atoms. The second-order valence-electron chi connectivity index (χ2n) is 13.1. The van der Waals surface area contributed by atoms with Crippen molar-refractivity contribution >= 4 is 57.6 Å². The molecule has 276 valence electrons. The van der Waals surface area contributed by atoms with E-state index < -0.39 is 11.8 Å². The summed E-state index contributed by atoms with van der Waals surface area (Å²) < 4.78 is 7.03. The average Bonchev–Trinajstić information content (AvgIpc) is 3.88. The van der Waals surface area contributed by atoms with Crippen molar-refractivity contribution in [2.45, 2.75) is 72.6 Å². The molecule has 5 heterocycles. The molecule has 0 saturated carbocycles. The van der Waals surface area contributed by atoms with Crippen LogP contribution in [0.3, 0.4) is 0 Å². The minimum Gasteiger partial charge on any atom is -0.366 e. The fourth-order valence-corrected chi connectivity index (χ4v) is 6.86. The van der Waals surface area contributed by atoms with Crippen molar-refractivity contribution in [3.05, 3.63) is 99.8 Å². The van der Waals surface area contributed by atoms with Gasteiger partial charge < -0.3 is 20.6 Å². The second kappa shape index (κ2) is 14.7. The maximum Gasteiger partial charge on any atom is 0.276 e. The molecule has 4 aromatic heterocycles. The third-order valence-electron chi connectivity index (χ3n) is 9.50. The first kappa shape index (κ1) is 35.6. The van der Waals surface area contributed by atoms with Gasteiger partial charge in [-0.3, -0.25) is 39.2 Å². The van der Waals surface area contributed by atoms with Gasteiger partial charge >= 0.3 is 0 Å². The summed E-state index contributed by atoms with van der Waals surface area (Å²) in [5, 5.41) is 15.2. The van der Waals surface area contributed by atoms with Gasteiger partial charge in [-0.15, -0.1) is 5.73 Å². The third-order valence-corrected chi connectivity index (χ3v) is 9.50. The van der Waals surface area contributed by atoms with Crippen molar-refractivity contribution in [1.82, 2.24) is 38.7 Å². The first-order chi connectivity index (χ1) is 26.0. The summed E-state index contributed by atoms with van der Waals surface area (Å²) in [5.74, 6) is -1.34. The van der Waals surface area contributed by atoms with E-state index in [0.717, 1.165) is 30.5 Å². The zero-order valence-corrected chi connectivity index (χ0v) is 30.2. The molecule has 0 bridgehead atoms. The standard InChI is InChI=1S/C38H40N12O4/c1-4-49-32-26(23(3)46-49)11-7-5-10-18-50-31(19-22(2)45-50)35(53)43-37-41-27-20-24(33(39)51)12-14-29(27)47(37)16-8-6-9-17-48-30-15-13-25(34(40)52)21-28(30)42-38(48)44-36(32)54/h8-9,12-15,19-21H,4-5,7,10-11,16-18H2,1-3H3,(H2,39,51)(H2,40,52)(H,41,43,53)(H,42,44,54). The lowest BCUT2D eigenvalue weighted by Crippen LogP contribution is -2.21. The van der Waals surface area contributed by atoms with Crippen LogP contribution in [0.1, 0.15) is 84.8 Å². The van der Waals surface area contributed by atoms with Gasteiger partial charge in [0.05, 0.1) is 46.5 Å². The van der Waals surface area contributed by atoms with Crippen LogP contribution in [-0.2, 0) is 32.6 Å². The summed E-state index contributed by atoms with van der Waals surface area (Å²) in [6.45, 7) is 7.21. The highest BCUT2D eigenvalue weighted by atomic mass is 16.2. The molecule has 1 aliphatic rings. The number of aryl methyl sites for hydroxylation is 4. The SMILES string of the molecule is CCn1nc(C)c2c1C(=O)Nc1nc3cc(C(N)=O)ccc3n1CC=C=CCn1c(nc3cc(C(N)=O)ccc31)NC(=O)c1cc(C)nn1CCCCC2. The molecule has 7 rings (SSSR count). The van der Waals surface area contributed by atoms with Gasteiger partial charge in [-0.05, 0) is 94.7 Å². The lowest BCUT2D eigenvalue weighted by molar-refractivity contribution is 0.0992. The molecule has 0 aliphatic carbocycles. The normalized spacial score (nSPS) is 14.4. The van der Waals surface area contributed by atoms with Crippen LogP contribution >= 0.6 is 0 Å². The Bertz CT molecular complexity index is 2540. The van der Waals surface area contributed by atoms with Crippen LogP contribution in [0, 0.1) is 13.8 Å². The van der Waals surface area contributed by atoms with Gasteiger partial charge in [0.1, 0.15) is 11.4 Å². The fraction of sp³-hybridized carbons (Fsp3) is 0.289. The number of anilines is 2. The number of imidazole rings is 2. The maximum absolute atomic E-state index is 14.1. The number of amides is 4. The molecule has 2 aromatic carbocycles. The topological polar surface area (TPSA) is 216 Å². The molecule has 6 aromatic rings. The Balaban J connectivity index is 1.31. The summed E-state index contributed by atoms with van der Waals surface area (Å²) in [6, 6.07) is 11.6. The number of carbonyl (C=O) groups is 4. The molecule has 6 N–H and O–H groups in total. The number of fused-ring (bicyclic) bond motifs is 8. The summed E-state index contributed by atoms with van der Waals surface area (Å²) >= 11 is 0. The van der Waals surface area contributed by atoms with E-state index >= 15 is 0 Å². The molecule has 16 heteroatoms. The van der Waals surface area contributed by atoms with E-state index in [2.05, 4.69) is 31.5 Å². The maximum atomic E-state index is 14.1. The molecule has 0 atom stereocenters. The largest absolute Gasteiger partial charge is 0.366 e. The number of hydrogen-bond acceptors (Lipinski definition) is 8. The quantitative estimate of drug-likeness (QED) is 0.193. The lowest BCUT2D eigenvalue weighted by atomic mass is 10.0. The number of carbonyl (C=O) groups excluding carboxylic acids is 4. The highest BCUT2D eigenvalue weighted by Crippen LogP contribution is 2.25. The van der Waals surface area contributed by atoms with E-state index in [4.69, 9.17) is 16.5 Å². The van der Waals surface area contributed by atoms with E-state index in [1.54, 1.807) is 68.5 Å². The minimum absolute atomic E-state index is 0.260. The van der Waals surface area contributed by atoms with Crippen molar-refractivity contribution in [1.29, 1.82) is 0 Å². The minimum atomic E-state index is -0.589. The number of aromatic nitrogens is 8. The molecule has 0 radical (unpaired) electrons. The number of hydrogen-bond donors (Lipinski definition) is 4. The second-order valence-corrected chi connectivity index (χ2v) is 13.1. The highest BCUT2D eigenvalue weighted by molar-refractivity contribution is 6.05. The van der Waals surface area contributed by atoms with Crippen LogP contribution in [0.2, 0.25) is 0 Å². The molecule has 0 spiro atoms. The van der Waals surface area contributed by atoms with Crippen LogP contribution in [0.5, 0.6) is 0 Å². The smallest absolute Gasteiger partial charge is 0.276 e. The van der Waals surface area contributed by atoms with E-state index in [9.17, 15) is 19.2 Å². The Morgan fingerprint density at radius 3 is 1.96 bits per heavy atom. The molecular weight excluding hydrogens is 688 g/mol. The number of nitrogens with two attached hydrogens (primary N) is 2. The number of allylic oxidation sites excluding steroid dienone is 1. The summed E-state index contributed by atoms with van der Waals surface area (Å²) in [5.41, 5.74) is 20.4. The van der Waals surface area contributed by atoms with Crippen LogP contribution in [0.25, 0.3) is 22.1 Å². The van der Waals surface area contributed by atoms with Crippen molar-refractivity contribution in [3.63, 3.8) is 0 Å². The van der Waals surface area contributed by atoms with E-state index in [0.29, 0.717) is 69.8 Å². The van der Waals surface area contributed by atoms with E-state index in [1.165, 1.54) is 0 Å². The summed E-state index contributed by atoms with van der Waals surface area (Å²) in [7, 11) is 0. The molecule has 4 amide bonds. The Hall–Kier alpha value is -6.80. The van der Waals surface area contributed by atoms with Gasteiger partial charge in [-0.2, -0.15) is 10.2 Å². The number of nitrogens with one attached hydrogen (secondary N) is 2. The molecule has 0 unspecified atom stereocenters. The van der Waals surface area contributed by atoms with Crippen LogP contribution in [0.15, 0.2) is 60.3 Å². The van der Waals surface area contributed by atoms with E-state index in [1.807, 2.05) is 25.3 Å². The first-order valence-electron chi connectivity index (χ1n) is 17.7. The third kappa shape index (κ3) is 6.89. The van der Waals surface area contributed by atoms with Crippen molar-refractivity contribution < 1.29 is 19.2 Å². The Morgan fingerprint density at radius 1 is 0.796 bits per heavy atom. The van der Waals surface area contributed by atoms with Crippen molar-refractivity contribution in [2.24, 2.45) is 11.5 Å². The fourth-order valence-electron chi connectivity index (χ4n) is 6.86. The van der Waals surface area contributed by atoms with Crippen LogP contribution < -0.4 is 22.1 Å². The van der Waals surface area contributed by atoms with Crippen molar-refractivity contribution in [3.8, 4) is 0 Å². The lowest BCUT2D eigenvalue weighted by Gasteiger charge is -2.11.